The van der Waals surface area contributed by atoms with E-state index in [0.29, 0.717) is 22.8 Å². The number of primary amides is 1. The Balaban J connectivity index is 2.06. The van der Waals surface area contributed by atoms with Gasteiger partial charge in [0.2, 0.25) is 5.91 Å². The molecule has 0 saturated carbocycles. The van der Waals surface area contributed by atoms with Crippen LogP contribution in [-0.2, 0) is 6.54 Å². The Bertz CT molecular complexity index is 585. The Kier molecular flexibility index (Phi) is 3.84. The third-order valence-corrected chi connectivity index (χ3v) is 3.49. The minimum Gasteiger partial charge on any atom is -0.378 e. The zero-order valence-electron chi connectivity index (χ0n) is 9.24. The van der Waals surface area contributed by atoms with Gasteiger partial charge in [0.25, 0.3) is 0 Å². The highest BCUT2D eigenvalue weighted by Crippen LogP contribution is 2.21. The van der Waals surface area contributed by atoms with Crippen molar-refractivity contribution < 1.29 is 9.18 Å². The van der Waals surface area contributed by atoms with Crippen molar-refractivity contribution in [3.8, 4) is 0 Å². The summed E-state index contributed by atoms with van der Waals surface area (Å²) in [6.45, 7) is 0.412. The summed E-state index contributed by atoms with van der Waals surface area (Å²) >= 11 is 7.17. The van der Waals surface area contributed by atoms with Gasteiger partial charge in [0.15, 0.2) is 0 Å². The van der Waals surface area contributed by atoms with Crippen LogP contribution in [0.15, 0.2) is 29.6 Å². The van der Waals surface area contributed by atoms with Crippen molar-refractivity contribution >= 4 is 34.5 Å². The molecule has 0 saturated heterocycles. The van der Waals surface area contributed by atoms with Gasteiger partial charge in [0.05, 0.1) is 11.3 Å². The van der Waals surface area contributed by atoms with E-state index in [-0.39, 0.29) is 5.82 Å². The van der Waals surface area contributed by atoms with Gasteiger partial charge >= 0.3 is 0 Å². The molecule has 0 spiro atoms. The van der Waals surface area contributed by atoms with E-state index >= 15 is 0 Å². The van der Waals surface area contributed by atoms with Crippen LogP contribution in [0.2, 0.25) is 5.02 Å². The number of nitrogens with two attached hydrogens (primary N) is 1. The van der Waals surface area contributed by atoms with E-state index in [1.807, 2.05) is 0 Å². The molecule has 2 aromatic rings. The molecule has 3 nitrogen and oxygen atoms in total. The molecule has 1 aromatic carbocycles. The fourth-order valence-electron chi connectivity index (χ4n) is 1.42. The van der Waals surface area contributed by atoms with Crippen molar-refractivity contribution in [2.75, 3.05) is 5.32 Å². The summed E-state index contributed by atoms with van der Waals surface area (Å²) in [5.74, 6) is -0.836. The number of halogens is 2. The van der Waals surface area contributed by atoms with E-state index in [0.717, 1.165) is 4.88 Å². The second-order valence-electron chi connectivity index (χ2n) is 3.64. The molecule has 0 aliphatic heterocycles. The van der Waals surface area contributed by atoms with Gasteiger partial charge in [0.1, 0.15) is 5.82 Å². The average Bonchev–Trinajstić information content (AvgIpc) is 2.79. The number of anilines is 1. The number of carbonyl (C=O) groups is 1. The van der Waals surface area contributed by atoms with Crippen LogP contribution in [0, 0.1) is 5.82 Å². The Hall–Kier alpha value is -1.59. The van der Waals surface area contributed by atoms with Gasteiger partial charge < -0.3 is 11.1 Å². The lowest BCUT2D eigenvalue weighted by Gasteiger charge is -2.06. The van der Waals surface area contributed by atoms with Gasteiger partial charge in [-0.2, -0.15) is 0 Å². The number of hydrogen-bond donors (Lipinski definition) is 2. The molecule has 0 fully saturated rings. The van der Waals surface area contributed by atoms with Crippen LogP contribution < -0.4 is 11.1 Å². The smallest absolute Gasteiger partial charge is 0.249 e. The summed E-state index contributed by atoms with van der Waals surface area (Å²) < 4.78 is 13.4. The lowest BCUT2D eigenvalue weighted by Crippen LogP contribution is -2.09. The first-order chi connectivity index (χ1) is 8.56. The molecule has 0 radical (unpaired) electrons. The van der Waals surface area contributed by atoms with Crippen molar-refractivity contribution in [1.29, 1.82) is 0 Å². The first kappa shape index (κ1) is 12.9. The third kappa shape index (κ3) is 3.00. The van der Waals surface area contributed by atoms with Gasteiger partial charge in [-0.05, 0) is 24.3 Å². The number of benzene rings is 1. The third-order valence-electron chi connectivity index (χ3n) is 2.32. The SMILES string of the molecule is NC(=O)c1csc(CNc2cc(Cl)ccc2F)c1. The molecule has 1 amide bonds. The monoisotopic (exact) mass is 284 g/mol. The summed E-state index contributed by atoms with van der Waals surface area (Å²) in [6, 6.07) is 5.98. The summed E-state index contributed by atoms with van der Waals surface area (Å²) in [5.41, 5.74) is 5.94. The molecule has 2 rings (SSSR count). The predicted octanol–water partition coefficient (Wildman–Crippen LogP) is 3.25. The van der Waals surface area contributed by atoms with Gasteiger partial charge in [-0.1, -0.05) is 11.6 Å². The van der Waals surface area contributed by atoms with Crippen LogP contribution in [0.25, 0.3) is 0 Å². The number of amides is 1. The summed E-state index contributed by atoms with van der Waals surface area (Å²) in [4.78, 5) is 11.8. The zero-order chi connectivity index (χ0) is 13.1. The minimum absolute atomic E-state index is 0.330. The molecule has 18 heavy (non-hydrogen) atoms. The molecule has 0 aliphatic rings. The van der Waals surface area contributed by atoms with Crippen molar-refractivity contribution in [2.24, 2.45) is 5.73 Å². The van der Waals surface area contributed by atoms with Crippen LogP contribution in [0.4, 0.5) is 10.1 Å². The zero-order valence-corrected chi connectivity index (χ0v) is 10.8. The van der Waals surface area contributed by atoms with Crippen LogP contribution in [0.1, 0.15) is 15.2 Å². The fraction of sp³-hybridized carbons (Fsp3) is 0.0833. The van der Waals surface area contributed by atoms with E-state index in [4.69, 9.17) is 17.3 Å². The molecule has 0 bridgehead atoms. The van der Waals surface area contributed by atoms with Gasteiger partial charge in [0, 0.05) is 21.8 Å². The first-order valence-corrected chi connectivity index (χ1v) is 6.38. The lowest BCUT2D eigenvalue weighted by molar-refractivity contribution is 0.100. The molecule has 0 atom stereocenters. The number of rotatable bonds is 4. The van der Waals surface area contributed by atoms with Crippen molar-refractivity contribution in [3.05, 3.63) is 50.9 Å². The van der Waals surface area contributed by atoms with Crippen LogP contribution in [0.3, 0.4) is 0 Å². The molecule has 0 aliphatic carbocycles. The normalized spacial score (nSPS) is 10.3. The highest BCUT2D eigenvalue weighted by atomic mass is 35.5. The number of nitrogens with one attached hydrogen (secondary N) is 1. The second kappa shape index (κ2) is 5.37. The second-order valence-corrected chi connectivity index (χ2v) is 5.08. The van der Waals surface area contributed by atoms with E-state index in [2.05, 4.69) is 5.32 Å². The number of carbonyl (C=O) groups excluding carboxylic acids is 1. The maximum absolute atomic E-state index is 13.4. The predicted molar refractivity (Wildman–Crippen MR) is 71.6 cm³/mol. The van der Waals surface area contributed by atoms with Crippen molar-refractivity contribution in [1.82, 2.24) is 0 Å². The largest absolute Gasteiger partial charge is 0.378 e. The summed E-state index contributed by atoms with van der Waals surface area (Å²) in [5, 5.41) is 5.06. The maximum Gasteiger partial charge on any atom is 0.249 e. The van der Waals surface area contributed by atoms with Gasteiger partial charge in [-0.25, -0.2) is 4.39 Å². The Morgan fingerprint density at radius 2 is 2.22 bits per heavy atom. The standard InChI is InChI=1S/C12H10ClFN2OS/c13-8-1-2-10(14)11(4-8)16-5-9-3-7(6-18-9)12(15)17/h1-4,6,16H,5H2,(H2,15,17). The molecular weight excluding hydrogens is 275 g/mol. The van der Waals surface area contributed by atoms with E-state index in [1.54, 1.807) is 11.4 Å². The summed E-state index contributed by atoms with van der Waals surface area (Å²) in [6.07, 6.45) is 0. The highest BCUT2D eigenvalue weighted by molar-refractivity contribution is 7.10. The molecule has 3 N–H and O–H groups in total. The van der Waals surface area contributed by atoms with Crippen LogP contribution in [0.5, 0.6) is 0 Å². The molecule has 6 heteroatoms. The lowest BCUT2D eigenvalue weighted by atomic mass is 10.3. The Morgan fingerprint density at radius 1 is 1.44 bits per heavy atom. The molecular formula is C12H10ClFN2OS. The fourth-order valence-corrected chi connectivity index (χ4v) is 2.40. The van der Waals surface area contributed by atoms with Gasteiger partial charge in [-0.15, -0.1) is 11.3 Å². The number of hydrogen-bond acceptors (Lipinski definition) is 3. The van der Waals surface area contributed by atoms with Crippen molar-refractivity contribution in [2.45, 2.75) is 6.54 Å². The van der Waals surface area contributed by atoms with Crippen LogP contribution in [-0.4, -0.2) is 5.91 Å². The van der Waals surface area contributed by atoms with Crippen molar-refractivity contribution in [3.63, 3.8) is 0 Å². The van der Waals surface area contributed by atoms with Crippen LogP contribution >= 0.6 is 22.9 Å². The molecule has 1 heterocycles. The van der Waals surface area contributed by atoms with E-state index in [1.165, 1.54) is 29.5 Å². The Labute approximate surface area is 112 Å². The minimum atomic E-state index is -0.466. The van der Waals surface area contributed by atoms with Gasteiger partial charge in [-0.3, -0.25) is 4.79 Å². The summed E-state index contributed by atoms with van der Waals surface area (Å²) in [7, 11) is 0. The highest BCUT2D eigenvalue weighted by Gasteiger charge is 2.06. The topological polar surface area (TPSA) is 55.1 Å². The number of thiophene rings is 1. The molecule has 1 aromatic heterocycles. The van der Waals surface area contributed by atoms with E-state index < -0.39 is 5.91 Å². The van der Waals surface area contributed by atoms with E-state index in [9.17, 15) is 9.18 Å². The first-order valence-electron chi connectivity index (χ1n) is 5.12. The quantitative estimate of drug-likeness (QED) is 0.905. The Morgan fingerprint density at radius 3 is 2.89 bits per heavy atom. The molecule has 0 unspecified atom stereocenters. The maximum atomic E-state index is 13.4. The molecule has 94 valence electrons. The average molecular weight is 285 g/mol.